The molecule has 7 aromatic rings. The third-order valence-electron chi connectivity index (χ3n) is 9.36. The van der Waals surface area contributed by atoms with E-state index in [2.05, 4.69) is 9.97 Å². The first-order valence-electron chi connectivity index (χ1n) is 17.0. The Morgan fingerprint density at radius 3 is 0.684 bits per heavy atom. The van der Waals surface area contributed by atoms with Gasteiger partial charge in [-0.05, 0) is 144 Å². The van der Waals surface area contributed by atoms with E-state index >= 15 is 0 Å². The van der Waals surface area contributed by atoms with E-state index in [1.807, 2.05) is 97.1 Å². The molecule has 283 valence electrons. The van der Waals surface area contributed by atoms with E-state index in [-0.39, 0.29) is 16.8 Å². The summed E-state index contributed by atoms with van der Waals surface area (Å²) in [4.78, 5) is 17.9. The predicted molar refractivity (Wildman–Crippen MR) is 241 cm³/mol. The summed E-state index contributed by atoms with van der Waals surface area (Å²) in [5, 5.41) is 3.84. The quantitative estimate of drug-likeness (QED) is 0.185. The second-order valence-corrected chi connectivity index (χ2v) is 16.6. The minimum Gasteiger partial charge on any atom is -0.354 e. The Balaban J connectivity index is 0.00000455. The smallest absolute Gasteiger partial charge is 0.0737 e. The van der Waals surface area contributed by atoms with Crippen molar-refractivity contribution in [3.8, 4) is 44.5 Å². The first-order chi connectivity index (χ1) is 26.9. The van der Waals surface area contributed by atoms with E-state index in [0.29, 0.717) is 63.0 Å². The molecule has 0 saturated carbocycles. The fraction of sp³-hybridized carbons (Fsp3) is 0. The number of aromatic nitrogens is 4. The van der Waals surface area contributed by atoms with Gasteiger partial charge in [-0.3, -0.25) is 0 Å². The fourth-order valence-electron chi connectivity index (χ4n) is 7.21. The van der Waals surface area contributed by atoms with Crippen LogP contribution in [0.4, 0.5) is 0 Å². The molecule has 0 aliphatic carbocycles. The molecule has 13 heteroatoms. The number of fused-ring (bicyclic) bond motifs is 8. The van der Waals surface area contributed by atoms with Gasteiger partial charge in [0.1, 0.15) is 0 Å². The van der Waals surface area contributed by atoms with E-state index in [9.17, 15) is 0 Å². The summed E-state index contributed by atoms with van der Waals surface area (Å²) in [6.07, 6.45) is 7.86. The van der Waals surface area contributed by atoms with Crippen molar-refractivity contribution in [1.82, 2.24) is 19.9 Å². The number of hydrogen-bond acceptors (Lipinski definition) is 2. The Bertz CT molecular complexity index is 2560. The van der Waals surface area contributed by atoms with Crippen molar-refractivity contribution in [3.63, 3.8) is 0 Å². The van der Waals surface area contributed by atoms with Crippen LogP contribution in [0.3, 0.4) is 0 Å². The molecular weight excluding hydrogens is 927 g/mol. The first kappa shape index (κ1) is 40.1. The van der Waals surface area contributed by atoms with Gasteiger partial charge in [-0.25, -0.2) is 9.97 Å². The van der Waals surface area contributed by atoms with Gasteiger partial charge in [-0.1, -0.05) is 92.8 Å². The van der Waals surface area contributed by atoms with Gasteiger partial charge < -0.3 is 9.97 Å². The average Bonchev–Trinajstić information content (AvgIpc) is 3.94. The largest absolute Gasteiger partial charge is 0.354 e. The molecule has 1 radical (unpaired) electrons. The van der Waals surface area contributed by atoms with Gasteiger partial charge in [-0.2, -0.15) is 0 Å². The zero-order valence-corrected chi connectivity index (χ0v) is 35.9. The minimum absolute atomic E-state index is 0. The summed E-state index contributed by atoms with van der Waals surface area (Å²) in [7, 11) is 0. The van der Waals surface area contributed by atoms with Crippen LogP contribution in [0.15, 0.2) is 97.1 Å². The van der Waals surface area contributed by atoms with E-state index in [1.54, 1.807) is 24.3 Å². The van der Waals surface area contributed by atoms with Gasteiger partial charge in [0, 0.05) is 101 Å². The van der Waals surface area contributed by atoms with Gasteiger partial charge in [0.25, 0.3) is 0 Å². The van der Waals surface area contributed by atoms with E-state index in [4.69, 9.17) is 103 Å². The topological polar surface area (TPSA) is 57.4 Å². The van der Waals surface area contributed by atoms with Crippen LogP contribution in [-0.4, -0.2) is 19.9 Å². The van der Waals surface area contributed by atoms with Crippen molar-refractivity contribution in [2.45, 2.75) is 0 Å². The van der Waals surface area contributed by atoms with E-state index in [0.717, 1.165) is 66.6 Å². The molecule has 0 amide bonds. The summed E-state index contributed by atoms with van der Waals surface area (Å²) in [6.45, 7) is 0. The number of hydrogen-bond donors (Lipinski definition) is 2. The van der Waals surface area contributed by atoms with E-state index < -0.39 is 0 Å². The maximum atomic E-state index is 6.61. The van der Waals surface area contributed by atoms with Crippen molar-refractivity contribution >= 4 is 139 Å². The van der Waals surface area contributed by atoms with Crippen molar-refractivity contribution in [3.05, 3.63) is 160 Å². The average molecular weight is 949 g/mol. The Labute approximate surface area is 377 Å². The second-order valence-electron chi connectivity index (χ2n) is 13.1. The van der Waals surface area contributed by atoms with Crippen molar-refractivity contribution < 1.29 is 16.8 Å². The first-order valence-corrected chi connectivity index (χ1v) is 20.0. The number of rotatable bonds is 4. The summed E-state index contributed by atoms with van der Waals surface area (Å²) in [5.41, 5.74) is 11.8. The molecule has 8 bridgehead atoms. The van der Waals surface area contributed by atoms with Crippen LogP contribution in [0.2, 0.25) is 40.2 Å². The summed E-state index contributed by atoms with van der Waals surface area (Å²) in [5.74, 6) is 0. The molecule has 57 heavy (non-hydrogen) atoms. The Morgan fingerprint density at radius 1 is 0.298 bits per heavy atom. The Morgan fingerprint density at radius 2 is 0.491 bits per heavy atom. The summed E-state index contributed by atoms with van der Waals surface area (Å²) >= 11 is 52.9. The zero-order chi connectivity index (χ0) is 38.8. The van der Waals surface area contributed by atoms with Crippen LogP contribution in [0, 0.1) is 0 Å². The van der Waals surface area contributed by atoms with Crippen molar-refractivity contribution in [2.75, 3.05) is 0 Å². The third kappa shape index (κ3) is 8.04. The van der Waals surface area contributed by atoms with Gasteiger partial charge in [0.05, 0.1) is 22.8 Å². The monoisotopic (exact) mass is 945 g/mol. The van der Waals surface area contributed by atoms with Crippen molar-refractivity contribution in [2.24, 2.45) is 0 Å². The summed E-state index contributed by atoms with van der Waals surface area (Å²) in [6, 6.07) is 29.6. The molecule has 0 fully saturated rings. The van der Waals surface area contributed by atoms with Crippen LogP contribution in [0.25, 0.3) is 90.9 Å². The maximum absolute atomic E-state index is 6.61. The molecule has 0 atom stereocenters. The third-order valence-corrected chi connectivity index (χ3v) is 11.1. The molecule has 3 aromatic heterocycles. The standard InChI is InChI=1S/C44H22Cl8N4.Co/c45-25-9-21(10-26(46)17-25)41-33-1-2-34(53-33)42(22-11-27(47)18-28(48)12-22)36-5-6-38(55-36)44(24-15-31(51)20-32(52)16-24)40-8-7-39(56-40)43(37-4-3-35(41)54-37)23-13-29(49)19-30(50)14-23;/h1-20,53,56H;. The Kier molecular flexibility index (Phi) is 11.4. The SMILES string of the molecule is Clc1cc(Cl)cc(-c2c3nc(c(-c4cc(Cl)cc(Cl)c4)c4ccc([nH]4)c(-c4cc(Cl)cc(Cl)c4)c4nc(c(-c5cc(Cl)cc(Cl)c5)c5ccc2[nH]5)C=C4)C=C3)c1.[Co]. The normalized spacial score (nSPS) is 11.9. The van der Waals surface area contributed by atoms with Gasteiger partial charge >= 0.3 is 0 Å². The number of H-pyrrole nitrogens is 2. The summed E-state index contributed by atoms with van der Waals surface area (Å²) < 4.78 is 0. The van der Waals surface area contributed by atoms with Crippen LogP contribution in [0.1, 0.15) is 22.8 Å². The molecule has 9 rings (SSSR count). The van der Waals surface area contributed by atoms with E-state index in [1.165, 1.54) is 0 Å². The molecule has 4 aromatic carbocycles. The Hall–Kier alpha value is -3.69. The zero-order valence-electron chi connectivity index (χ0n) is 28.8. The molecule has 0 saturated heterocycles. The van der Waals surface area contributed by atoms with Crippen LogP contribution < -0.4 is 0 Å². The predicted octanol–water partition coefficient (Wildman–Crippen LogP) is 16.5. The number of nitrogens with one attached hydrogen (secondary N) is 2. The fourth-order valence-corrected chi connectivity index (χ4v) is 9.32. The van der Waals surface area contributed by atoms with Gasteiger partial charge in [-0.15, -0.1) is 0 Å². The molecule has 2 N–H and O–H groups in total. The minimum atomic E-state index is 0. The van der Waals surface area contributed by atoms with Crippen LogP contribution >= 0.6 is 92.8 Å². The molecule has 5 heterocycles. The number of aromatic amines is 2. The molecule has 0 unspecified atom stereocenters. The molecule has 0 spiro atoms. The molecule has 2 aliphatic heterocycles. The molecular formula is C44H22Cl8CoN4. The molecule has 2 aliphatic rings. The van der Waals surface area contributed by atoms with Gasteiger partial charge in [0.2, 0.25) is 0 Å². The van der Waals surface area contributed by atoms with Crippen molar-refractivity contribution in [1.29, 1.82) is 0 Å². The maximum Gasteiger partial charge on any atom is 0.0737 e. The van der Waals surface area contributed by atoms with Gasteiger partial charge in [0.15, 0.2) is 0 Å². The molecule has 4 nitrogen and oxygen atoms in total. The number of benzene rings is 4. The van der Waals surface area contributed by atoms with Crippen LogP contribution in [0.5, 0.6) is 0 Å². The second kappa shape index (κ2) is 16.2. The number of nitrogens with zero attached hydrogens (tertiary/aromatic N) is 2. The van der Waals surface area contributed by atoms with Crippen LogP contribution in [-0.2, 0) is 16.8 Å². The number of halogens is 8.